The maximum absolute atomic E-state index is 16.0. The minimum atomic E-state index is -2.45. The summed E-state index contributed by atoms with van der Waals surface area (Å²) < 4.78 is 43.0. The standard InChI is InChI=1S/C67H89NO16/c1-12-13-14-15-16-17-18-19-20-21-22-23-24-25-26-27-28-29-33-36-52(71)80-54(48(39-43(2)3)68-62(76)84-63(6,7)8)61(75)79-49-41-67(77)58(82-60(74)46-34-31-30-32-35-46)56-65(11,50(70)40-51-66(56,42-78-51)83-45(5)69)57(72)55(81-59(73)47-37-38-47)53(44(49)4)64(67,9)10/h13-14,16-17,19-20,22-23,25-26,28-32,34-35,39,47-51,54-56,58,70,77H,12,15,18,21,24,27,33,36-38,40-42H2,1-11H3,(H,68,76)/b14-13-,17-16-,20-19-,23-22-,26-25-,29-28+/t48-,49-,50-,51+,54+,55+,56?,58-,65+,66-,67+/m0/s1. The van der Waals surface area contributed by atoms with Crippen LogP contribution >= 0.6 is 0 Å². The molecule has 0 aromatic heterocycles. The summed E-state index contributed by atoms with van der Waals surface area (Å²) in [6.45, 7) is 17.5. The van der Waals surface area contributed by atoms with Gasteiger partial charge >= 0.3 is 35.9 Å². The second kappa shape index (κ2) is 28.9. The maximum Gasteiger partial charge on any atom is 0.408 e. The van der Waals surface area contributed by atoms with Gasteiger partial charge in [0.1, 0.15) is 29.5 Å². The molecule has 6 rings (SSSR count). The van der Waals surface area contributed by atoms with Gasteiger partial charge in [-0.1, -0.05) is 124 Å². The number of nitrogens with one attached hydrogen (secondary N) is 1. The Kier molecular flexibility index (Phi) is 22.9. The van der Waals surface area contributed by atoms with Gasteiger partial charge in [-0.2, -0.15) is 0 Å². The average Bonchev–Trinajstić information content (AvgIpc) is 0.720. The molecule has 1 aliphatic heterocycles. The largest absolute Gasteiger partial charge is 0.455 e. The summed E-state index contributed by atoms with van der Waals surface area (Å²) in [6, 6.07) is 6.50. The van der Waals surface area contributed by atoms with Gasteiger partial charge in [-0.25, -0.2) is 14.4 Å². The Balaban J connectivity index is 1.33. The number of aliphatic hydroxyl groups excluding tert-OH is 1. The predicted molar refractivity (Wildman–Crippen MR) is 316 cm³/mol. The number of esters is 5. The van der Waals surface area contributed by atoms with Crippen LogP contribution in [0.2, 0.25) is 0 Å². The Labute approximate surface area is 495 Å². The molecule has 0 spiro atoms. The first-order valence-electron chi connectivity index (χ1n) is 29.6. The number of Topliss-reactive ketones (excluding diaryl/α,β-unsaturated/α-hetero) is 1. The molecule has 1 aromatic carbocycles. The molecule has 3 N–H and O–H groups in total. The molecule has 17 heteroatoms. The van der Waals surface area contributed by atoms with Crippen LogP contribution in [0.25, 0.3) is 0 Å². The lowest BCUT2D eigenvalue weighted by molar-refractivity contribution is -0.346. The van der Waals surface area contributed by atoms with Crippen LogP contribution in [0.15, 0.2) is 126 Å². The minimum Gasteiger partial charge on any atom is -0.455 e. The van der Waals surface area contributed by atoms with E-state index in [1.807, 2.05) is 24.3 Å². The molecule has 458 valence electrons. The number of carbonyl (C=O) groups is 7. The van der Waals surface area contributed by atoms with Crippen molar-refractivity contribution in [1.82, 2.24) is 5.32 Å². The number of alkyl carbamates (subject to hydrolysis) is 1. The van der Waals surface area contributed by atoms with Gasteiger partial charge in [0.2, 0.25) is 6.10 Å². The summed E-state index contributed by atoms with van der Waals surface area (Å²) >= 11 is 0. The highest BCUT2D eigenvalue weighted by atomic mass is 16.6. The Morgan fingerprint density at radius 2 is 1.38 bits per heavy atom. The molecule has 1 heterocycles. The summed E-state index contributed by atoms with van der Waals surface area (Å²) in [5.74, 6) is -7.41. The van der Waals surface area contributed by atoms with Crippen LogP contribution in [-0.4, -0.2) is 118 Å². The molecule has 84 heavy (non-hydrogen) atoms. The Hall–Kier alpha value is -6.69. The molecule has 11 atom stereocenters. The molecule has 4 fully saturated rings. The zero-order chi connectivity index (χ0) is 61.6. The van der Waals surface area contributed by atoms with E-state index >= 15 is 9.59 Å². The van der Waals surface area contributed by atoms with Crippen molar-refractivity contribution >= 4 is 41.7 Å². The van der Waals surface area contributed by atoms with E-state index in [9.17, 15) is 34.2 Å². The van der Waals surface area contributed by atoms with E-state index in [1.54, 1.807) is 73.6 Å². The van der Waals surface area contributed by atoms with Gasteiger partial charge in [0.15, 0.2) is 17.5 Å². The molecular formula is C67H89NO16. The summed E-state index contributed by atoms with van der Waals surface area (Å²) in [4.78, 5) is 101. The zero-order valence-electron chi connectivity index (χ0n) is 50.9. The fourth-order valence-corrected chi connectivity index (χ4v) is 11.9. The molecule has 3 saturated carbocycles. The van der Waals surface area contributed by atoms with Crippen molar-refractivity contribution in [2.24, 2.45) is 22.7 Å². The van der Waals surface area contributed by atoms with Crippen molar-refractivity contribution in [2.45, 2.75) is 213 Å². The van der Waals surface area contributed by atoms with Crippen molar-refractivity contribution in [3.63, 3.8) is 0 Å². The summed E-state index contributed by atoms with van der Waals surface area (Å²) in [6.07, 6.45) is 21.1. The summed E-state index contributed by atoms with van der Waals surface area (Å²) in [7, 11) is 0. The van der Waals surface area contributed by atoms with Crippen LogP contribution < -0.4 is 5.32 Å². The SMILES string of the molecule is CC/C=C\C/C=C\C/C=C\C/C=C\C/C=C\C/C=C/CCC(=O)O[C@@H](C(=O)O[C@H]1C[C@@]2(O)[C@@H](OC(=O)c3ccccc3)C3[C@](C)(C(=O)[C@H](OC(=O)C4CC4)C(=C1C)C2(C)C)[C@@H](O)C[C@H]1OC[C@@]31OC(C)=O)[C@H](C=C(C)C)NC(=O)OC(C)(C)C. The van der Waals surface area contributed by atoms with Gasteiger partial charge in [-0.05, 0) is 130 Å². The van der Waals surface area contributed by atoms with E-state index in [4.69, 9.17) is 33.2 Å². The van der Waals surface area contributed by atoms with Crippen molar-refractivity contribution in [1.29, 1.82) is 0 Å². The topological polar surface area (TPSA) is 237 Å². The molecule has 0 radical (unpaired) electrons. The van der Waals surface area contributed by atoms with Crippen LogP contribution in [0.5, 0.6) is 0 Å². The number of amides is 1. The number of fused-ring (bicyclic) bond motifs is 5. The first-order valence-corrected chi connectivity index (χ1v) is 29.6. The molecule has 17 nitrogen and oxygen atoms in total. The first kappa shape index (κ1) is 66.4. The Morgan fingerprint density at radius 3 is 1.89 bits per heavy atom. The quantitative estimate of drug-likeness (QED) is 0.0469. The van der Waals surface area contributed by atoms with Crippen molar-refractivity contribution < 1.29 is 76.9 Å². The van der Waals surface area contributed by atoms with Crippen LogP contribution in [0.1, 0.15) is 164 Å². The van der Waals surface area contributed by atoms with E-state index in [-0.39, 0.29) is 42.6 Å². The predicted octanol–water partition coefficient (Wildman–Crippen LogP) is 10.8. The zero-order valence-corrected chi connectivity index (χ0v) is 50.9. The van der Waals surface area contributed by atoms with Gasteiger partial charge in [0.05, 0.1) is 41.6 Å². The molecule has 1 aromatic rings. The van der Waals surface area contributed by atoms with E-state index in [2.05, 4.69) is 60.8 Å². The normalized spacial score (nSPS) is 28.2. The molecule has 2 bridgehead atoms. The van der Waals surface area contributed by atoms with Crippen LogP contribution in [0.4, 0.5) is 4.79 Å². The van der Waals surface area contributed by atoms with Gasteiger partial charge in [-0.3, -0.25) is 19.2 Å². The number of hydrogen-bond acceptors (Lipinski definition) is 16. The number of ether oxygens (including phenoxy) is 7. The van der Waals surface area contributed by atoms with E-state index in [0.717, 1.165) is 39.0 Å². The monoisotopic (exact) mass is 1160 g/mol. The lowest BCUT2D eigenvalue weighted by atomic mass is 9.44. The average molecular weight is 1160 g/mol. The van der Waals surface area contributed by atoms with E-state index in [0.29, 0.717) is 24.8 Å². The number of hydrogen-bond donors (Lipinski definition) is 3. The number of rotatable bonds is 25. The molecule has 1 amide bonds. The van der Waals surface area contributed by atoms with Gasteiger partial charge in [0.25, 0.3) is 0 Å². The summed E-state index contributed by atoms with van der Waals surface area (Å²) in [5.41, 5.74) is -8.19. The van der Waals surface area contributed by atoms with Gasteiger partial charge < -0.3 is 48.7 Å². The summed E-state index contributed by atoms with van der Waals surface area (Å²) in [5, 5.41) is 29.1. The first-order chi connectivity index (χ1) is 39.7. The van der Waals surface area contributed by atoms with Crippen molar-refractivity contribution in [3.8, 4) is 0 Å². The lowest BCUT2D eigenvalue weighted by Crippen LogP contribution is -2.82. The lowest BCUT2D eigenvalue weighted by Gasteiger charge is -2.67. The second-order valence-corrected chi connectivity index (χ2v) is 24.6. The maximum atomic E-state index is 16.0. The number of benzene rings is 1. The number of ketones is 1. The van der Waals surface area contributed by atoms with Crippen molar-refractivity contribution in [3.05, 3.63) is 132 Å². The third-order valence-corrected chi connectivity index (χ3v) is 16.4. The smallest absolute Gasteiger partial charge is 0.408 e. The number of aliphatic hydroxyl groups is 2. The van der Waals surface area contributed by atoms with Crippen LogP contribution in [-0.2, 0) is 57.1 Å². The highest BCUT2D eigenvalue weighted by Crippen LogP contribution is 2.64. The van der Waals surface area contributed by atoms with Gasteiger partial charge in [-0.15, -0.1) is 0 Å². The molecule has 1 unspecified atom stereocenters. The minimum absolute atomic E-state index is 0.00634. The van der Waals surface area contributed by atoms with Crippen LogP contribution in [0.3, 0.4) is 0 Å². The Morgan fingerprint density at radius 1 is 0.810 bits per heavy atom. The van der Waals surface area contributed by atoms with Crippen molar-refractivity contribution in [2.75, 3.05) is 6.61 Å². The Bertz CT molecular complexity index is 2790. The molecular weight excluding hydrogens is 1070 g/mol. The number of carbonyl (C=O) groups excluding carboxylic acids is 7. The molecule has 4 aliphatic carbocycles. The van der Waals surface area contributed by atoms with E-state index < -0.39 is 130 Å². The number of allylic oxidation sites excluding steroid dienone is 13. The van der Waals surface area contributed by atoms with Crippen LogP contribution in [0, 0.1) is 22.7 Å². The molecule has 1 saturated heterocycles. The van der Waals surface area contributed by atoms with E-state index in [1.165, 1.54) is 25.1 Å². The fourth-order valence-electron chi connectivity index (χ4n) is 11.9. The third-order valence-electron chi connectivity index (χ3n) is 16.4. The highest BCUT2D eigenvalue weighted by Gasteiger charge is 2.78. The fraction of sp³-hybridized carbons (Fsp3) is 0.567. The highest BCUT2D eigenvalue weighted by molar-refractivity contribution is 5.96. The van der Waals surface area contributed by atoms with Gasteiger partial charge in [0, 0.05) is 31.6 Å². The molecule has 5 aliphatic rings. The third kappa shape index (κ3) is 16.0. The second-order valence-electron chi connectivity index (χ2n) is 24.6.